The van der Waals surface area contributed by atoms with Crippen LogP contribution >= 0.6 is 0 Å². The second-order valence-corrected chi connectivity index (χ2v) is 2.05. The van der Waals surface area contributed by atoms with Crippen LogP contribution in [0, 0.1) is 0 Å². The van der Waals surface area contributed by atoms with Crippen LogP contribution in [0.25, 0.3) is 0 Å². The van der Waals surface area contributed by atoms with Gasteiger partial charge in [-0.1, -0.05) is 0 Å². The van der Waals surface area contributed by atoms with Crippen LogP contribution in [-0.2, 0) is 0 Å². The van der Waals surface area contributed by atoms with Gasteiger partial charge in [-0.25, -0.2) is 9.59 Å². The summed E-state index contributed by atoms with van der Waals surface area (Å²) in [5.41, 5.74) is 0. The highest BCUT2D eigenvalue weighted by molar-refractivity contribution is 5.53. The maximum Gasteiger partial charge on any atom is 0.503 e. The minimum atomic E-state index is -1.83. The summed E-state index contributed by atoms with van der Waals surface area (Å²) in [6.07, 6.45) is -4.85. The molecule has 0 saturated carbocycles. The van der Waals surface area contributed by atoms with Crippen LogP contribution in [-0.4, -0.2) is 55.2 Å². The summed E-state index contributed by atoms with van der Waals surface area (Å²) in [6.45, 7) is 3.09. The molecule has 0 aliphatic rings. The van der Waals surface area contributed by atoms with Crippen LogP contribution in [0.1, 0.15) is 13.8 Å². The molecule has 6 N–H and O–H groups in total. The van der Waals surface area contributed by atoms with E-state index in [0.29, 0.717) is 0 Å². The second-order valence-electron chi connectivity index (χ2n) is 2.05. The molecule has 0 aliphatic heterocycles. The van der Waals surface area contributed by atoms with Gasteiger partial charge in [0.1, 0.15) is 0 Å². The molecule has 0 fully saturated rings. The van der Waals surface area contributed by atoms with Crippen molar-refractivity contribution in [2.24, 2.45) is 0 Å². The van der Waals surface area contributed by atoms with E-state index >= 15 is 0 Å². The van der Waals surface area contributed by atoms with Crippen molar-refractivity contribution in [2.75, 3.05) is 0 Å². The van der Waals surface area contributed by atoms with E-state index in [0.717, 1.165) is 0 Å². The van der Waals surface area contributed by atoms with E-state index < -0.39 is 24.5 Å². The Bertz CT molecular complexity index is 126. The summed E-state index contributed by atoms with van der Waals surface area (Å²) in [7, 11) is 0. The minimum absolute atomic E-state index is 0.593. The standard InChI is InChI=1S/C4H10O2.2CH2O3/c1-3(5)4(2)6;2*2-1(3)4/h3-6H,1-2H3;2*(H2,2,3,4). The topological polar surface area (TPSA) is 156 Å². The molecule has 8 nitrogen and oxygen atoms in total. The number of aliphatic hydroxyl groups is 2. The first-order valence-electron chi connectivity index (χ1n) is 3.31. The lowest BCUT2D eigenvalue weighted by molar-refractivity contribution is 0.0438. The van der Waals surface area contributed by atoms with Crippen molar-refractivity contribution in [1.82, 2.24) is 0 Å². The minimum Gasteiger partial charge on any atom is -0.450 e. The summed E-state index contributed by atoms with van der Waals surface area (Å²) in [4.78, 5) is 17.1. The lowest BCUT2D eigenvalue weighted by Crippen LogP contribution is -2.17. The first kappa shape index (κ1) is 18.3. The van der Waals surface area contributed by atoms with Crippen LogP contribution in [0.4, 0.5) is 9.59 Å². The fourth-order valence-electron chi connectivity index (χ4n) is 0. The normalized spacial score (nSPS) is 12.0. The summed E-state index contributed by atoms with van der Waals surface area (Å²) >= 11 is 0. The van der Waals surface area contributed by atoms with E-state index in [-0.39, 0.29) is 0 Å². The lowest BCUT2D eigenvalue weighted by Gasteiger charge is -2.03. The SMILES string of the molecule is CC(O)C(C)O.O=C(O)O.O=C(O)O. The molecule has 0 saturated heterocycles. The van der Waals surface area contributed by atoms with Crippen molar-refractivity contribution < 1.29 is 40.2 Å². The predicted octanol–water partition coefficient (Wildman–Crippen LogP) is 0.193. The number of hydrogen-bond donors (Lipinski definition) is 6. The molecule has 86 valence electrons. The number of carbonyl (C=O) groups is 2. The molecule has 0 amide bonds. The highest BCUT2D eigenvalue weighted by atomic mass is 16.6. The van der Waals surface area contributed by atoms with Gasteiger partial charge in [0.15, 0.2) is 0 Å². The fourth-order valence-corrected chi connectivity index (χ4v) is 0. The Morgan fingerprint density at radius 2 is 0.857 bits per heavy atom. The van der Waals surface area contributed by atoms with Crippen LogP contribution in [0.2, 0.25) is 0 Å². The van der Waals surface area contributed by atoms with Gasteiger partial charge in [-0.15, -0.1) is 0 Å². The zero-order valence-electron chi connectivity index (χ0n) is 7.65. The zero-order chi connectivity index (χ0) is 12.3. The molecule has 0 aliphatic carbocycles. The number of aliphatic hydroxyl groups excluding tert-OH is 2. The molecule has 0 aromatic carbocycles. The highest BCUT2D eigenvalue weighted by Crippen LogP contribution is 1.85. The molecule has 0 aromatic rings. The quantitative estimate of drug-likeness (QED) is 0.361. The monoisotopic (exact) mass is 214 g/mol. The van der Waals surface area contributed by atoms with E-state index in [4.69, 9.17) is 40.2 Å². The Morgan fingerprint density at radius 3 is 0.857 bits per heavy atom. The van der Waals surface area contributed by atoms with E-state index in [1.165, 1.54) is 0 Å². The molecule has 2 unspecified atom stereocenters. The smallest absolute Gasteiger partial charge is 0.450 e. The van der Waals surface area contributed by atoms with Gasteiger partial charge in [0.05, 0.1) is 12.2 Å². The third-order valence-electron chi connectivity index (χ3n) is 0.698. The van der Waals surface area contributed by atoms with Crippen molar-refractivity contribution >= 4 is 12.3 Å². The van der Waals surface area contributed by atoms with E-state index in [1.54, 1.807) is 13.8 Å². The van der Waals surface area contributed by atoms with Gasteiger partial charge >= 0.3 is 12.3 Å². The van der Waals surface area contributed by atoms with Gasteiger partial charge in [0.2, 0.25) is 0 Å². The van der Waals surface area contributed by atoms with Crippen molar-refractivity contribution in [3.05, 3.63) is 0 Å². The van der Waals surface area contributed by atoms with Crippen molar-refractivity contribution in [3.8, 4) is 0 Å². The second kappa shape index (κ2) is 11.5. The molecule has 0 rings (SSSR count). The van der Waals surface area contributed by atoms with Crippen LogP contribution in [0.3, 0.4) is 0 Å². The number of carboxylic acid groups (broad SMARTS) is 4. The van der Waals surface area contributed by atoms with Crippen LogP contribution < -0.4 is 0 Å². The van der Waals surface area contributed by atoms with E-state index in [2.05, 4.69) is 0 Å². The first-order chi connectivity index (χ1) is 6.11. The lowest BCUT2D eigenvalue weighted by atomic mass is 10.3. The maximum atomic E-state index is 8.56. The Balaban J connectivity index is -0.000000135. The first-order valence-corrected chi connectivity index (χ1v) is 3.31. The third kappa shape index (κ3) is 155. The van der Waals surface area contributed by atoms with Gasteiger partial charge in [-0.3, -0.25) is 0 Å². The van der Waals surface area contributed by atoms with Gasteiger partial charge in [-0.05, 0) is 13.8 Å². The predicted molar refractivity (Wildman–Crippen MR) is 44.7 cm³/mol. The largest absolute Gasteiger partial charge is 0.503 e. The van der Waals surface area contributed by atoms with Crippen molar-refractivity contribution in [3.63, 3.8) is 0 Å². The Kier molecular flexibility index (Phi) is 15.0. The van der Waals surface area contributed by atoms with E-state index in [9.17, 15) is 0 Å². The van der Waals surface area contributed by atoms with Gasteiger partial charge in [-0.2, -0.15) is 0 Å². The van der Waals surface area contributed by atoms with Gasteiger partial charge in [0.25, 0.3) is 0 Å². The number of rotatable bonds is 1. The summed E-state index contributed by atoms with van der Waals surface area (Å²) in [6, 6.07) is 0. The Hall–Kier alpha value is -1.54. The molecule has 0 heterocycles. The molecule has 0 radical (unpaired) electrons. The summed E-state index contributed by atoms with van der Waals surface area (Å²) < 4.78 is 0. The molecule has 14 heavy (non-hydrogen) atoms. The number of hydrogen-bond acceptors (Lipinski definition) is 4. The maximum absolute atomic E-state index is 8.56. The fraction of sp³-hybridized carbons (Fsp3) is 0.667. The molecule has 0 aromatic heterocycles. The average Bonchev–Trinajstić information content (AvgIpc) is 1.83. The van der Waals surface area contributed by atoms with Crippen molar-refractivity contribution in [2.45, 2.75) is 26.1 Å². The van der Waals surface area contributed by atoms with E-state index in [1.807, 2.05) is 0 Å². The highest BCUT2D eigenvalue weighted by Gasteiger charge is 1.99. The van der Waals surface area contributed by atoms with Crippen LogP contribution in [0.15, 0.2) is 0 Å². The van der Waals surface area contributed by atoms with Crippen molar-refractivity contribution in [1.29, 1.82) is 0 Å². The average molecular weight is 214 g/mol. The van der Waals surface area contributed by atoms with Crippen LogP contribution in [0.5, 0.6) is 0 Å². The summed E-state index contributed by atoms with van der Waals surface area (Å²) in [5, 5.41) is 44.6. The Labute approximate surface area is 79.7 Å². The summed E-state index contributed by atoms with van der Waals surface area (Å²) in [5.74, 6) is 0. The van der Waals surface area contributed by atoms with Gasteiger partial charge < -0.3 is 30.6 Å². The third-order valence-corrected chi connectivity index (χ3v) is 0.698. The molecular formula is C6H14O8. The van der Waals surface area contributed by atoms with Gasteiger partial charge in [0, 0.05) is 0 Å². The molecule has 2 atom stereocenters. The molecule has 8 heteroatoms. The molecule has 0 bridgehead atoms. The Morgan fingerprint density at radius 1 is 0.786 bits per heavy atom. The molecular weight excluding hydrogens is 200 g/mol. The zero-order valence-corrected chi connectivity index (χ0v) is 7.65. The molecule has 0 spiro atoms.